The number of benzene rings is 1. The zero-order chi connectivity index (χ0) is 38.0. The molecule has 3 fully saturated rings. The summed E-state index contributed by atoms with van der Waals surface area (Å²) in [5, 5.41) is 4.59. The van der Waals surface area contributed by atoms with Gasteiger partial charge in [0.05, 0.1) is 24.3 Å². The number of halogens is 1. The molecular weight excluding hydrogens is 697 g/mol. The summed E-state index contributed by atoms with van der Waals surface area (Å²) in [7, 11) is -3.96. The minimum atomic E-state index is -3.96. The van der Waals surface area contributed by atoms with Gasteiger partial charge >= 0.3 is 12.2 Å². The number of sulfonamides is 1. The van der Waals surface area contributed by atoms with Gasteiger partial charge in [0.15, 0.2) is 0 Å². The monoisotopic (exact) mass is 745 g/mol. The molecule has 2 aliphatic heterocycles. The minimum absolute atomic E-state index is 0.0192. The van der Waals surface area contributed by atoms with Gasteiger partial charge in [-0.05, 0) is 58.1 Å². The van der Waals surface area contributed by atoms with Gasteiger partial charge in [-0.15, -0.1) is 12.3 Å². The summed E-state index contributed by atoms with van der Waals surface area (Å²) in [6.07, 6.45) is 7.10. The highest BCUT2D eigenvalue weighted by Crippen LogP contribution is 2.44. The van der Waals surface area contributed by atoms with Gasteiger partial charge in [-0.1, -0.05) is 44.7 Å². The Morgan fingerprint density at radius 2 is 1.85 bits per heavy atom. The lowest BCUT2D eigenvalue weighted by atomic mass is 10.1. The van der Waals surface area contributed by atoms with E-state index in [1.807, 2.05) is 6.92 Å². The number of amides is 5. The second kappa shape index (κ2) is 15.3. The molecule has 0 spiro atoms. The van der Waals surface area contributed by atoms with E-state index in [0.717, 1.165) is 19.3 Å². The Morgan fingerprint density at radius 3 is 2.46 bits per heavy atom. The number of carbonyl (C=O) groups excluding carboxylic acids is 5. The van der Waals surface area contributed by atoms with Crippen LogP contribution in [0, 0.1) is 24.1 Å². The number of rotatable bonds is 13. The Hall–Kier alpha value is -4.39. The number of alkyl carbamates (subject to hydrolysis) is 1. The van der Waals surface area contributed by atoms with Crippen LogP contribution in [0.3, 0.4) is 0 Å². The fourth-order valence-electron chi connectivity index (χ4n) is 6.68. The molecule has 16 heteroatoms. The van der Waals surface area contributed by atoms with E-state index in [4.69, 9.17) is 15.9 Å². The van der Waals surface area contributed by atoms with Crippen LogP contribution in [-0.2, 0) is 47.0 Å². The Labute approximate surface area is 303 Å². The predicted octanol–water partition coefficient (Wildman–Crippen LogP) is 3.23. The molecule has 2 heterocycles. The first kappa shape index (κ1) is 38.8. The molecule has 0 bridgehead atoms. The van der Waals surface area contributed by atoms with Crippen molar-refractivity contribution in [3.8, 4) is 12.3 Å². The van der Waals surface area contributed by atoms with Crippen molar-refractivity contribution in [2.24, 2.45) is 5.92 Å². The summed E-state index contributed by atoms with van der Waals surface area (Å²) in [6, 6.07) is 2.17. The number of hydrogen-bond donors (Lipinski definition) is 3. The maximum Gasteiger partial charge on any atom is 0.410 e. The van der Waals surface area contributed by atoms with Crippen LogP contribution in [0.25, 0.3) is 0 Å². The minimum Gasteiger partial charge on any atom is -0.444 e. The van der Waals surface area contributed by atoms with E-state index < -0.39 is 86.2 Å². The van der Waals surface area contributed by atoms with Crippen molar-refractivity contribution in [2.45, 2.75) is 133 Å². The smallest absolute Gasteiger partial charge is 0.410 e. The molecule has 5 rings (SSSR count). The lowest BCUT2D eigenvalue weighted by Crippen LogP contribution is -2.58. The van der Waals surface area contributed by atoms with E-state index in [1.165, 1.54) is 15.9 Å². The molecular formula is C36H48FN5O9S. The molecule has 3 N–H and O–H groups in total. The van der Waals surface area contributed by atoms with Crippen LogP contribution in [0.1, 0.15) is 96.6 Å². The third-order valence-electron chi connectivity index (χ3n) is 9.75. The van der Waals surface area contributed by atoms with Crippen molar-refractivity contribution in [2.75, 3.05) is 6.54 Å². The summed E-state index contributed by atoms with van der Waals surface area (Å²) in [6.45, 7) is 6.94. The van der Waals surface area contributed by atoms with Gasteiger partial charge in [0, 0.05) is 18.5 Å². The molecule has 4 aliphatic rings. The number of terminal acetylenes is 1. The fraction of sp³-hybridized carbons (Fsp3) is 0.639. The van der Waals surface area contributed by atoms with E-state index in [9.17, 15) is 36.8 Å². The molecule has 5 atom stereocenters. The summed E-state index contributed by atoms with van der Waals surface area (Å²) < 4.78 is 52.9. The van der Waals surface area contributed by atoms with Gasteiger partial charge in [0.25, 0.3) is 5.91 Å². The van der Waals surface area contributed by atoms with Crippen LogP contribution in [0.4, 0.5) is 14.0 Å². The van der Waals surface area contributed by atoms with Gasteiger partial charge in [-0.3, -0.25) is 24.0 Å². The highest BCUT2D eigenvalue weighted by Gasteiger charge is 2.63. The van der Waals surface area contributed by atoms with Gasteiger partial charge < -0.3 is 25.0 Å². The Morgan fingerprint density at radius 1 is 1.12 bits per heavy atom. The number of nitrogens with one attached hydrogen (secondary N) is 3. The van der Waals surface area contributed by atoms with Gasteiger partial charge in [-0.25, -0.2) is 22.4 Å². The summed E-state index contributed by atoms with van der Waals surface area (Å²) in [4.78, 5) is 70.5. The van der Waals surface area contributed by atoms with E-state index >= 15 is 0 Å². The number of nitrogens with zero attached hydrogens (tertiary/aromatic N) is 2. The van der Waals surface area contributed by atoms with Crippen LogP contribution >= 0.6 is 0 Å². The Balaban J connectivity index is 1.37. The first-order valence-corrected chi connectivity index (χ1v) is 19.4. The SMILES string of the molecule is C#C[C@@H]1C[C@]1(NC(=O)[C@@H]1C[C@@H](OC(=O)N2Cc3cccc(F)c3C2)CN1C(=O)[C@H](CCCCCC)NC(=O)OC(C)(C)C)C(=O)NS(=O)(=O)C1CC1. The molecule has 284 valence electrons. The zero-order valence-electron chi connectivity index (χ0n) is 30.0. The lowest BCUT2D eigenvalue weighted by Gasteiger charge is -2.30. The summed E-state index contributed by atoms with van der Waals surface area (Å²) >= 11 is 0. The first-order valence-electron chi connectivity index (χ1n) is 17.8. The third kappa shape index (κ3) is 8.97. The van der Waals surface area contributed by atoms with Crippen LogP contribution in [-0.4, -0.2) is 89.2 Å². The number of fused-ring (bicyclic) bond motifs is 1. The Bertz CT molecular complexity index is 1740. The van der Waals surface area contributed by atoms with E-state index in [-0.39, 0.29) is 38.9 Å². The lowest BCUT2D eigenvalue weighted by molar-refractivity contribution is -0.141. The quantitative estimate of drug-likeness (QED) is 0.202. The van der Waals surface area contributed by atoms with Crippen molar-refractivity contribution in [1.29, 1.82) is 0 Å². The average molecular weight is 746 g/mol. The van der Waals surface area contributed by atoms with Crippen molar-refractivity contribution in [3.63, 3.8) is 0 Å². The highest BCUT2D eigenvalue weighted by atomic mass is 32.2. The van der Waals surface area contributed by atoms with Crippen LogP contribution in [0.2, 0.25) is 0 Å². The maximum atomic E-state index is 14.4. The maximum absolute atomic E-state index is 14.4. The molecule has 2 aliphatic carbocycles. The molecule has 0 radical (unpaired) electrons. The van der Waals surface area contributed by atoms with Crippen LogP contribution in [0.5, 0.6) is 0 Å². The van der Waals surface area contributed by atoms with Crippen LogP contribution in [0.15, 0.2) is 18.2 Å². The molecule has 1 aromatic rings. The average Bonchev–Trinajstić information content (AvgIpc) is 3.95. The molecule has 0 unspecified atom stereocenters. The summed E-state index contributed by atoms with van der Waals surface area (Å²) in [5.41, 5.74) is -1.57. The van der Waals surface area contributed by atoms with E-state index in [1.54, 1.807) is 32.9 Å². The molecule has 1 aromatic carbocycles. The predicted molar refractivity (Wildman–Crippen MR) is 186 cm³/mol. The molecule has 52 heavy (non-hydrogen) atoms. The third-order valence-corrected chi connectivity index (χ3v) is 11.6. The molecule has 2 saturated carbocycles. The number of unbranched alkanes of at least 4 members (excludes halogenated alkanes) is 3. The number of likely N-dealkylation sites (tertiary alicyclic amines) is 1. The number of carbonyl (C=O) groups is 5. The van der Waals surface area contributed by atoms with Crippen molar-refractivity contribution in [3.05, 3.63) is 35.1 Å². The summed E-state index contributed by atoms with van der Waals surface area (Å²) in [5.74, 6) is -1.22. The molecule has 14 nitrogen and oxygen atoms in total. The van der Waals surface area contributed by atoms with Crippen molar-refractivity contribution >= 4 is 39.9 Å². The Kier molecular flexibility index (Phi) is 11.4. The van der Waals surface area contributed by atoms with Gasteiger partial charge in [-0.2, -0.15) is 0 Å². The number of ether oxygens (including phenoxy) is 2. The second-order valence-corrected chi connectivity index (χ2v) is 17.0. The standard InChI is InChI=1S/C36H48FN5O9S/c1-6-8-9-10-14-28(38-33(46)51-35(3,4)5)31(44)42-20-24(50-34(47)41-19-22-12-11-13-27(37)26(22)21-41)17-29(42)30(43)39-36(18-23(36)7-2)32(45)40-52(48,49)25-15-16-25/h2,11-13,23-25,28-29H,6,8-10,14-21H2,1,3-5H3,(H,38,46)(H,39,43)(H,40,45)/t23-,24-,28+,29+,36-/m1/s1. The zero-order valence-corrected chi connectivity index (χ0v) is 30.9. The van der Waals surface area contributed by atoms with Crippen molar-refractivity contribution in [1.82, 2.24) is 25.2 Å². The number of hydrogen-bond acceptors (Lipinski definition) is 9. The van der Waals surface area contributed by atoms with E-state index in [2.05, 4.69) is 21.3 Å². The van der Waals surface area contributed by atoms with Gasteiger partial charge in [0.1, 0.15) is 35.1 Å². The van der Waals surface area contributed by atoms with Crippen LogP contribution < -0.4 is 15.4 Å². The highest BCUT2D eigenvalue weighted by molar-refractivity contribution is 7.91. The normalized spacial score (nSPS) is 24.3. The molecule has 0 aromatic heterocycles. The molecule has 1 saturated heterocycles. The second-order valence-electron chi connectivity index (χ2n) is 15.1. The van der Waals surface area contributed by atoms with Gasteiger partial charge in [0.2, 0.25) is 21.8 Å². The van der Waals surface area contributed by atoms with Crippen molar-refractivity contribution < 1.29 is 46.3 Å². The fourth-order valence-corrected chi connectivity index (χ4v) is 8.04. The first-order chi connectivity index (χ1) is 24.5. The topological polar surface area (TPSA) is 181 Å². The molecule has 5 amide bonds. The largest absolute Gasteiger partial charge is 0.444 e. The van der Waals surface area contributed by atoms with E-state index in [0.29, 0.717) is 30.4 Å².